The fraction of sp³-hybridized carbons (Fsp3) is 1.00. The van der Waals surface area contributed by atoms with Gasteiger partial charge in [-0.05, 0) is 18.4 Å². The second-order valence-corrected chi connectivity index (χ2v) is 4.76. The Morgan fingerprint density at radius 1 is 1.15 bits per heavy atom. The van der Waals surface area contributed by atoms with Gasteiger partial charge in [0, 0.05) is 39.3 Å². The van der Waals surface area contributed by atoms with Crippen molar-refractivity contribution in [3.05, 3.63) is 0 Å². The van der Waals surface area contributed by atoms with E-state index in [4.69, 9.17) is 0 Å². The van der Waals surface area contributed by atoms with Crippen LogP contribution < -0.4 is 10.6 Å². The number of piperazine rings is 1. The van der Waals surface area contributed by atoms with Gasteiger partial charge in [0.05, 0.1) is 0 Å². The van der Waals surface area contributed by atoms with E-state index in [1.54, 1.807) is 0 Å². The van der Waals surface area contributed by atoms with Crippen LogP contribution in [0.25, 0.3) is 0 Å². The average molecular weight is 183 g/mol. The van der Waals surface area contributed by atoms with Crippen LogP contribution in [-0.4, -0.2) is 50.7 Å². The Bertz CT molecular complexity index is 158. The third-order valence-corrected chi connectivity index (χ3v) is 3.27. The van der Waals surface area contributed by atoms with Gasteiger partial charge in [0.25, 0.3) is 0 Å². The van der Waals surface area contributed by atoms with Gasteiger partial charge in [0.1, 0.15) is 0 Å². The molecule has 0 aromatic heterocycles. The van der Waals surface area contributed by atoms with Crippen molar-refractivity contribution in [2.45, 2.75) is 13.3 Å². The summed E-state index contributed by atoms with van der Waals surface area (Å²) in [4.78, 5) is 2.60. The van der Waals surface area contributed by atoms with Crippen molar-refractivity contribution in [2.24, 2.45) is 5.41 Å². The Labute approximate surface area is 80.9 Å². The minimum Gasteiger partial charge on any atom is -0.316 e. The van der Waals surface area contributed by atoms with Gasteiger partial charge in [-0.15, -0.1) is 0 Å². The van der Waals surface area contributed by atoms with Gasteiger partial charge < -0.3 is 15.5 Å². The molecule has 2 aliphatic heterocycles. The lowest BCUT2D eigenvalue weighted by molar-refractivity contribution is 0.161. The lowest BCUT2D eigenvalue weighted by Crippen LogP contribution is -2.47. The summed E-state index contributed by atoms with van der Waals surface area (Å²) in [5, 5.41) is 6.85. The molecule has 0 aliphatic carbocycles. The van der Waals surface area contributed by atoms with Crippen molar-refractivity contribution in [3.8, 4) is 0 Å². The molecule has 1 atom stereocenters. The summed E-state index contributed by atoms with van der Waals surface area (Å²) in [6.07, 6.45) is 1.34. The summed E-state index contributed by atoms with van der Waals surface area (Å²) >= 11 is 0. The predicted molar refractivity (Wildman–Crippen MR) is 54.9 cm³/mol. The third-order valence-electron chi connectivity index (χ3n) is 3.27. The molecule has 0 saturated carbocycles. The minimum absolute atomic E-state index is 0.539. The molecule has 1 unspecified atom stereocenters. The SMILES string of the molecule is CC1(CN2CCNCC2)CCNC1. The van der Waals surface area contributed by atoms with Crippen LogP contribution in [0.5, 0.6) is 0 Å². The number of nitrogens with one attached hydrogen (secondary N) is 2. The van der Waals surface area contributed by atoms with Gasteiger partial charge in [0.2, 0.25) is 0 Å². The fourth-order valence-corrected chi connectivity index (χ4v) is 2.41. The zero-order chi connectivity index (χ0) is 9.15. The first kappa shape index (κ1) is 9.44. The molecule has 2 heterocycles. The second-order valence-electron chi connectivity index (χ2n) is 4.76. The van der Waals surface area contributed by atoms with Crippen LogP contribution in [-0.2, 0) is 0 Å². The standard InChI is InChI=1S/C10H21N3/c1-10(2-3-12-8-10)9-13-6-4-11-5-7-13/h11-12H,2-9H2,1H3. The molecule has 3 heteroatoms. The first-order valence-corrected chi connectivity index (χ1v) is 5.42. The van der Waals surface area contributed by atoms with E-state index >= 15 is 0 Å². The van der Waals surface area contributed by atoms with Crippen LogP contribution >= 0.6 is 0 Å². The van der Waals surface area contributed by atoms with Crippen molar-refractivity contribution in [1.82, 2.24) is 15.5 Å². The normalized spacial score (nSPS) is 36.7. The summed E-state index contributed by atoms with van der Waals surface area (Å²) in [7, 11) is 0. The monoisotopic (exact) mass is 183 g/mol. The van der Waals surface area contributed by atoms with E-state index in [1.807, 2.05) is 0 Å². The molecule has 2 fully saturated rings. The Balaban J connectivity index is 1.81. The molecule has 2 saturated heterocycles. The maximum atomic E-state index is 3.46. The molecule has 13 heavy (non-hydrogen) atoms. The molecule has 2 aliphatic rings. The third kappa shape index (κ3) is 2.42. The molecule has 0 amide bonds. The average Bonchev–Trinajstić information content (AvgIpc) is 2.54. The zero-order valence-electron chi connectivity index (χ0n) is 8.60. The van der Waals surface area contributed by atoms with Crippen LogP contribution in [0, 0.1) is 5.41 Å². The van der Waals surface area contributed by atoms with Gasteiger partial charge >= 0.3 is 0 Å². The maximum absolute atomic E-state index is 3.46. The molecule has 0 aromatic rings. The van der Waals surface area contributed by atoms with E-state index < -0.39 is 0 Å². The highest BCUT2D eigenvalue weighted by Crippen LogP contribution is 2.25. The summed E-state index contributed by atoms with van der Waals surface area (Å²) in [6, 6.07) is 0. The largest absolute Gasteiger partial charge is 0.316 e. The van der Waals surface area contributed by atoms with Crippen molar-refractivity contribution in [3.63, 3.8) is 0 Å². The van der Waals surface area contributed by atoms with Crippen LogP contribution in [0.2, 0.25) is 0 Å². The first-order valence-electron chi connectivity index (χ1n) is 5.42. The molecule has 0 bridgehead atoms. The topological polar surface area (TPSA) is 27.3 Å². The van der Waals surface area contributed by atoms with Crippen LogP contribution in [0.3, 0.4) is 0 Å². The van der Waals surface area contributed by atoms with Gasteiger partial charge in [0.15, 0.2) is 0 Å². The van der Waals surface area contributed by atoms with Crippen molar-refractivity contribution in [2.75, 3.05) is 45.8 Å². The van der Waals surface area contributed by atoms with E-state index in [2.05, 4.69) is 22.5 Å². The van der Waals surface area contributed by atoms with Crippen LogP contribution in [0.4, 0.5) is 0 Å². The second kappa shape index (κ2) is 3.95. The number of hydrogen-bond donors (Lipinski definition) is 2. The first-order chi connectivity index (χ1) is 6.29. The molecule has 76 valence electrons. The molecule has 0 radical (unpaired) electrons. The van der Waals surface area contributed by atoms with Crippen LogP contribution in [0.1, 0.15) is 13.3 Å². The fourth-order valence-electron chi connectivity index (χ4n) is 2.41. The van der Waals surface area contributed by atoms with Crippen molar-refractivity contribution < 1.29 is 0 Å². The Morgan fingerprint density at radius 2 is 1.92 bits per heavy atom. The lowest BCUT2D eigenvalue weighted by Gasteiger charge is -2.34. The summed E-state index contributed by atoms with van der Waals surface area (Å²) in [5.74, 6) is 0. The predicted octanol–water partition coefficient (Wildman–Crippen LogP) is -0.109. The smallest absolute Gasteiger partial charge is 0.0108 e. The summed E-state index contributed by atoms with van der Waals surface area (Å²) < 4.78 is 0. The van der Waals surface area contributed by atoms with E-state index in [-0.39, 0.29) is 0 Å². The molecular weight excluding hydrogens is 162 g/mol. The van der Waals surface area contributed by atoms with Crippen molar-refractivity contribution in [1.29, 1.82) is 0 Å². The van der Waals surface area contributed by atoms with Gasteiger partial charge in [-0.3, -0.25) is 0 Å². The Hall–Kier alpha value is -0.120. The maximum Gasteiger partial charge on any atom is 0.0108 e. The number of rotatable bonds is 2. The Kier molecular flexibility index (Phi) is 2.86. The highest BCUT2D eigenvalue weighted by atomic mass is 15.2. The zero-order valence-corrected chi connectivity index (χ0v) is 8.60. The van der Waals surface area contributed by atoms with Gasteiger partial charge in [-0.2, -0.15) is 0 Å². The van der Waals surface area contributed by atoms with Crippen molar-refractivity contribution >= 4 is 0 Å². The molecule has 2 rings (SSSR count). The highest BCUT2D eigenvalue weighted by molar-refractivity contribution is 4.87. The molecule has 3 nitrogen and oxygen atoms in total. The molecule has 0 spiro atoms. The summed E-state index contributed by atoms with van der Waals surface area (Å²) in [6.45, 7) is 10.9. The van der Waals surface area contributed by atoms with Gasteiger partial charge in [-0.1, -0.05) is 6.92 Å². The highest BCUT2D eigenvalue weighted by Gasteiger charge is 2.30. The quantitative estimate of drug-likeness (QED) is 0.625. The van der Waals surface area contributed by atoms with Crippen LogP contribution in [0.15, 0.2) is 0 Å². The van der Waals surface area contributed by atoms with E-state index in [0.717, 1.165) is 0 Å². The number of nitrogens with zero attached hydrogens (tertiary/aromatic N) is 1. The minimum atomic E-state index is 0.539. The van der Waals surface area contributed by atoms with E-state index in [1.165, 1.54) is 52.2 Å². The van der Waals surface area contributed by atoms with E-state index in [0.29, 0.717) is 5.41 Å². The van der Waals surface area contributed by atoms with Gasteiger partial charge in [-0.25, -0.2) is 0 Å². The molecular formula is C10H21N3. The molecule has 2 N–H and O–H groups in total. The Morgan fingerprint density at radius 3 is 2.54 bits per heavy atom. The summed E-state index contributed by atoms with van der Waals surface area (Å²) in [5.41, 5.74) is 0.539. The lowest BCUT2D eigenvalue weighted by atomic mass is 9.89. The van der Waals surface area contributed by atoms with E-state index in [9.17, 15) is 0 Å². The molecule has 0 aromatic carbocycles. The number of hydrogen-bond acceptors (Lipinski definition) is 3.